The van der Waals surface area contributed by atoms with E-state index >= 15 is 0 Å². The quantitative estimate of drug-likeness (QED) is 0.596. The number of esters is 1. The minimum atomic E-state index is -0.242. The summed E-state index contributed by atoms with van der Waals surface area (Å²) in [6, 6.07) is 2.09. The van der Waals surface area contributed by atoms with Crippen molar-refractivity contribution in [3.63, 3.8) is 0 Å². The predicted octanol–water partition coefficient (Wildman–Crippen LogP) is 2.49. The highest BCUT2D eigenvalue weighted by atomic mass is 16.5. The third-order valence-electron chi connectivity index (χ3n) is 2.96. The first kappa shape index (κ1) is 11.9. The first-order valence-electron chi connectivity index (χ1n) is 6.01. The number of ether oxygens (including phenoxy) is 1. The fourth-order valence-electron chi connectivity index (χ4n) is 2.24. The van der Waals surface area contributed by atoms with Crippen molar-refractivity contribution >= 4 is 5.97 Å². The van der Waals surface area contributed by atoms with Crippen LogP contribution in [-0.4, -0.2) is 21.9 Å². The van der Waals surface area contributed by atoms with Crippen LogP contribution in [-0.2, 0) is 9.53 Å². The van der Waals surface area contributed by atoms with Gasteiger partial charge in [0.15, 0.2) is 0 Å². The molecule has 0 spiro atoms. The Morgan fingerprint density at radius 3 is 2.94 bits per heavy atom. The molecule has 0 amide bonds. The molecule has 1 heterocycles. The van der Waals surface area contributed by atoms with E-state index in [1.165, 1.54) is 0 Å². The Labute approximate surface area is 101 Å². The van der Waals surface area contributed by atoms with Crippen LogP contribution < -0.4 is 0 Å². The van der Waals surface area contributed by atoms with Crippen LogP contribution in [0.4, 0.5) is 0 Å². The van der Waals surface area contributed by atoms with Crippen molar-refractivity contribution in [2.24, 2.45) is 0 Å². The minimum absolute atomic E-state index is 0.0435. The molecule has 1 aromatic rings. The lowest BCUT2D eigenvalue weighted by atomic mass is 10.2. The summed E-state index contributed by atoms with van der Waals surface area (Å²) in [6.07, 6.45) is 8.21. The Morgan fingerprint density at radius 1 is 1.47 bits per heavy atom. The zero-order chi connectivity index (χ0) is 12.3. The van der Waals surface area contributed by atoms with Crippen molar-refractivity contribution in [1.29, 1.82) is 0 Å². The Hall–Kier alpha value is -1.58. The molecular weight excluding hydrogens is 216 g/mol. The predicted molar refractivity (Wildman–Crippen MR) is 64.4 cm³/mol. The fraction of sp³-hybridized carbons (Fsp3) is 0.538. The molecule has 17 heavy (non-hydrogen) atoms. The maximum absolute atomic E-state index is 11.6. The monoisotopic (exact) mass is 234 g/mol. The number of carbonyl (C=O) groups is 1. The average Bonchev–Trinajstić information content (AvgIpc) is 2.84. The number of carbonyl (C=O) groups excluding carboxylic acids is 1. The standard InChI is InChI=1S/C13H18N2O2/c1-10(2)9-13(16)17-12-6-3-5-11(12)15-8-4-7-14-15/h4,7-9,11-12H,3,5-6H2,1-2H3/t11-,12-/m1/s1. The summed E-state index contributed by atoms with van der Waals surface area (Å²) in [7, 11) is 0. The molecule has 1 aliphatic carbocycles. The van der Waals surface area contributed by atoms with Gasteiger partial charge in [-0.15, -0.1) is 0 Å². The normalized spacial score (nSPS) is 23.4. The molecule has 0 unspecified atom stereocenters. The molecule has 1 fully saturated rings. The highest BCUT2D eigenvalue weighted by Gasteiger charge is 2.31. The molecule has 0 radical (unpaired) electrons. The smallest absolute Gasteiger partial charge is 0.331 e. The van der Waals surface area contributed by atoms with Crippen LogP contribution in [0.3, 0.4) is 0 Å². The first-order valence-corrected chi connectivity index (χ1v) is 6.01. The maximum Gasteiger partial charge on any atom is 0.331 e. The molecule has 0 bridgehead atoms. The summed E-state index contributed by atoms with van der Waals surface area (Å²) < 4.78 is 7.38. The third kappa shape index (κ3) is 2.96. The highest BCUT2D eigenvalue weighted by molar-refractivity contribution is 5.82. The number of rotatable bonds is 3. The van der Waals surface area contributed by atoms with Gasteiger partial charge in [-0.05, 0) is 39.2 Å². The second-order valence-corrected chi connectivity index (χ2v) is 4.68. The van der Waals surface area contributed by atoms with Gasteiger partial charge in [0, 0.05) is 18.5 Å². The van der Waals surface area contributed by atoms with Crippen LogP contribution in [0.5, 0.6) is 0 Å². The van der Waals surface area contributed by atoms with Gasteiger partial charge in [0.05, 0.1) is 6.04 Å². The largest absolute Gasteiger partial charge is 0.457 e. The summed E-state index contributed by atoms with van der Waals surface area (Å²) in [5.74, 6) is -0.242. The van der Waals surface area contributed by atoms with E-state index in [9.17, 15) is 4.79 Å². The van der Waals surface area contributed by atoms with Crippen molar-refractivity contribution in [3.8, 4) is 0 Å². The maximum atomic E-state index is 11.6. The minimum Gasteiger partial charge on any atom is -0.457 e. The molecule has 92 valence electrons. The molecule has 0 aromatic carbocycles. The summed E-state index contributed by atoms with van der Waals surface area (Å²) >= 11 is 0. The number of aromatic nitrogens is 2. The van der Waals surface area contributed by atoms with Gasteiger partial charge >= 0.3 is 5.97 Å². The highest BCUT2D eigenvalue weighted by Crippen LogP contribution is 2.31. The van der Waals surface area contributed by atoms with Crippen LogP contribution in [0.25, 0.3) is 0 Å². The SMILES string of the molecule is CC(C)=CC(=O)O[C@@H]1CCC[C@H]1n1cccn1. The van der Waals surface area contributed by atoms with E-state index in [1.54, 1.807) is 12.3 Å². The zero-order valence-electron chi connectivity index (χ0n) is 10.3. The topological polar surface area (TPSA) is 44.1 Å². The van der Waals surface area contributed by atoms with Gasteiger partial charge in [0.25, 0.3) is 0 Å². The number of hydrogen-bond donors (Lipinski definition) is 0. The molecule has 0 aliphatic heterocycles. The molecular formula is C13H18N2O2. The van der Waals surface area contributed by atoms with Crippen molar-refractivity contribution in [3.05, 3.63) is 30.1 Å². The Balaban J connectivity index is 2.01. The lowest BCUT2D eigenvalue weighted by Crippen LogP contribution is -2.24. The molecule has 1 aromatic heterocycles. The van der Waals surface area contributed by atoms with E-state index in [0.29, 0.717) is 0 Å². The summed E-state index contributed by atoms with van der Waals surface area (Å²) in [6.45, 7) is 3.78. The fourth-order valence-corrected chi connectivity index (χ4v) is 2.24. The molecule has 4 nitrogen and oxygen atoms in total. The second kappa shape index (κ2) is 5.17. The lowest BCUT2D eigenvalue weighted by molar-refractivity contribution is -0.144. The molecule has 1 aliphatic rings. The van der Waals surface area contributed by atoms with Gasteiger partial charge in [-0.1, -0.05) is 5.57 Å². The summed E-state index contributed by atoms with van der Waals surface area (Å²) in [5.41, 5.74) is 0.962. The van der Waals surface area contributed by atoms with E-state index < -0.39 is 0 Å². The Kier molecular flexibility index (Phi) is 3.61. The Bertz CT molecular complexity index is 405. The zero-order valence-corrected chi connectivity index (χ0v) is 10.3. The van der Waals surface area contributed by atoms with Crippen LogP contribution in [0.15, 0.2) is 30.1 Å². The van der Waals surface area contributed by atoms with Gasteiger partial charge < -0.3 is 4.74 Å². The first-order chi connectivity index (χ1) is 8.16. The van der Waals surface area contributed by atoms with E-state index in [0.717, 1.165) is 24.8 Å². The van der Waals surface area contributed by atoms with Crippen LogP contribution in [0.1, 0.15) is 39.2 Å². The van der Waals surface area contributed by atoms with Gasteiger partial charge in [0.2, 0.25) is 0 Å². The van der Waals surface area contributed by atoms with Crippen LogP contribution in [0, 0.1) is 0 Å². The van der Waals surface area contributed by atoms with Gasteiger partial charge in [-0.25, -0.2) is 4.79 Å². The van der Waals surface area contributed by atoms with Crippen LogP contribution in [0.2, 0.25) is 0 Å². The second-order valence-electron chi connectivity index (χ2n) is 4.68. The lowest BCUT2D eigenvalue weighted by Gasteiger charge is -2.19. The van der Waals surface area contributed by atoms with Crippen molar-refractivity contribution < 1.29 is 9.53 Å². The van der Waals surface area contributed by atoms with Crippen molar-refractivity contribution in [2.75, 3.05) is 0 Å². The van der Waals surface area contributed by atoms with E-state index in [-0.39, 0.29) is 18.1 Å². The van der Waals surface area contributed by atoms with Gasteiger partial charge in [0.1, 0.15) is 6.10 Å². The number of nitrogens with zero attached hydrogens (tertiary/aromatic N) is 2. The van der Waals surface area contributed by atoms with Gasteiger partial charge in [-0.3, -0.25) is 4.68 Å². The van der Waals surface area contributed by atoms with Crippen molar-refractivity contribution in [2.45, 2.75) is 45.3 Å². The molecule has 1 saturated carbocycles. The van der Waals surface area contributed by atoms with Crippen molar-refractivity contribution in [1.82, 2.24) is 9.78 Å². The molecule has 4 heteroatoms. The van der Waals surface area contributed by atoms with E-state index in [4.69, 9.17) is 4.74 Å². The van der Waals surface area contributed by atoms with E-state index in [2.05, 4.69) is 5.10 Å². The molecule has 0 saturated heterocycles. The van der Waals surface area contributed by atoms with E-state index in [1.807, 2.05) is 30.8 Å². The summed E-state index contributed by atoms with van der Waals surface area (Å²) in [4.78, 5) is 11.6. The van der Waals surface area contributed by atoms with Crippen LogP contribution >= 0.6 is 0 Å². The molecule has 0 N–H and O–H groups in total. The molecule has 2 rings (SSSR count). The Morgan fingerprint density at radius 2 is 2.29 bits per heavy atom. The third-order valence-corrected chi connectivity index (χ3v) is 2.96. The van der Waals surface area contributed by atoms with Gasteiger partial charge in [-0.2, -0.15) is 5.10 Å². The average molecular weight is 234 g/mol. The summed E-state index contributed by atoms with van der Waals surface area (Å²) in [5, 5.41) is 4.23. The number of allylic oxidation sites excluding steroid dienone is 1. The molecule has 2 atom stereocenters. The number of hydrogen-bond acceptors (Lipinski definition) is 3.